The van der Waals surface area contributed by atoms with Crippen molar-refractivity contribution < 1.29 is 22.5 Å². The second-order valence-corrected chi connectivity index (χ2v) is 7.48. The highest BCUT2D eigenvalue weighted by Gasteiger charge is 2.52. The van der Waals surface area contributed by atoms with Gasteiger partial charge in [0, 0.05) is 11.6 Å². The average molecular weight is 376 g/mol. The molecule has 0 saturated carbocycles. The molecule has 0 aromatic heterocycles. The lowest BCUT2D eigenvalue weighted by Crippen LogP contribution is -2.41. The highest BCUT2D eigenvalue weighted by molar-refractivity contribution is 6.56. The zero-order valence-electron chi connectivity index (χ0n) is 14.9. The van der Waals surface area contributed by atoms with Gasteiger partial charge in [-0.2, -0.15) is 13.2 Å². The summed E-state index contributed by atoms with van der Waals surface area (Å²) in [5.41, 5.74) is -0.555. The van der Waals surface area contributed by atoms with Crippen molar-refractivity contribution in [1.82, 2.24) is 5.32 Å². The Morgan fingerprint density at radius 2 is 1.76 bits per heavy atom. The number of hydrogen-bond acceptors (Lipinski definition) is 3. The van der Waals surface area contributed by atoms with Crippen LogP contribution in [0, 0.1) is 0 Å². The maximum Gasteiger partial charge on any atom is 0.491 e. The van der Waals surface area contributed by atoms with Gasteiger partial charge in [-0.1, -0.05) is 23.7 Å². The van der Waals surface area contributed by atoms with Gasteiger partial charge in [-0.05, 0) is 57.9 Å². The molecule has 8 heteroatoms. The van der Waals surface area contributed by atoms with E-state index in [9.17, 15) is 13.2 Å². The summed E-state index contributed by atoms with van der Waals surface area (Å²) in [5.74, 6) is 0. The molecule has 1 aliphatic heterocycles. The number of halogens is 4. The van der Waals surface area contributed by atoms with Crippen LogP contribution >= 0.6 is 11.6 Å². The van der Waals surface area contributed by atoms with Crippen LogP contribution in [-0.2, 0) is 15.5 Å². The minimum absolute atomic E-state index is 0.0277. The molecule has 1 fully saturated rings. The SMILES string of the molecule is CNCC(=Cc1ccc(C(F)(F)F)cc1Cl)B1OC(C)(C)C(C)(C)O1. The first-order valence-corrected chi connectivity index (χ1v) is 8.32. The Morgan fingerprint density at radius 3 is 2.20 bits per heavy atom. The van der Waals surface area contributed by atoms with Gasteiger partial charge in [-0.15, -0.1) is 0 Å². The summed E-state index contributed by atoms with van der Waals surface area (Å²) in [6.45, 7) is 8.21. The predicted octanol–water partition coefficient (Wildman–Crippen LogP) is 4.59. The number of nitrogens with one attached hydrogen (secondary N) is 1. The Labute approximate surface area is 151 Å². The maximum absolute atomic E-state index is 12.8. The van der Waals surface area contributed by atoms with Gasteiger partial charge < -0.3 is 14.6 Å². The van der Waals surface area contributed by atoms with Gasteiger partial charge in [0.15, 0.2) is 0 Å². The van der Waals surface area contributed by atoms with E-state index in [1.165, 1.54) is 6.07 Å². The summed E-state index contributed by atoms with van der Waals surface area (Å²) in [6, 6.07) is 3.29. The predicted molar refractivity (Wildman–Crippen MR) is 94.4 cm³/mol. The average Bonchev–Trinajstić information content (AvgIpc) is 2.67. The first-order chi connectivity index (χ1) is 11.4. The molecule has 0 unspecified atom stereocenters. The van der Waals surface area contributed by atoms with E-state index in [1.807, 2.05) is 27.7 Å². The van der Waals surface area contributed by atoms with Crippen LogP contribution in [0.1, 0.15) is 38.8 Å². The molecule has 1 aliphatic rings. The number of rotatable bonds is 4. The smallest absolute Gasteiger partial charge is 0.400 e. The third-order valence-corrected chi connectivity index (χ3v) is 4.93. The fraction of sp³-hybridized carbons (Fsp3) is 0.529. The van der Waals surface area contributed by atoms with Crippen molar-refractivity contribution in [1.29, 1.82) is 0 Å². The molecule has 0 atom stereocenters. The van der Waals surface area contributed by atoms with Gasteiger partial charge in [0.25, 0.3) is 0 Å². The summed E-state index contributed by atoms with van der Waals surface area (Å²) < 4.78 is 50.4. The van der Waals surface area contributed by atoms with Crippen molar-refractivity contribution in [2.75, 3.05) is 13.6 Å². The summed E-state index contributed by atoms with van der Waals surface area (Å²) in [7, 11) is 1.17. The molecule has 1 aromatic carbocycles. The summed E-state index contributed by atoms with van der Waals surface area (Å²) in [6.07, 6.45) is -2.72. The van der Waals surface area contributed by atoms with Crippen LogP contribution in [0.3, 0.4) is 0 Å². The van der Waals surface area contributed by atoms with E-state index in [0.29, 0.717) is 12.1 Å². The molecule has 1 aromatic rings. The van der Waals surface area contributed by atoms with Gasteiger partial charge in [-0.25, -0.2) is 0 Å². The Balaban J connectivity index is 2.35. The lowest BCUT2D eigenvalue weighted by atomic mass is 9.77. The normalized spacial score (nSPS) is 20.2. The van der Waals surface area contributed by atoms with Gasteiger partial charge >= 0.3 is 13.3 Å². The van der Waals surface area contributed by atoms with Gasteiger partial charge in [0.05, 0.1) is 16.8 Å². The molecule has 2 rings (SSSR count). The Bertz CT molecular complexity index is 658. The summed E-state index contributed by atoms with van der Waals surface area (Å²) in [4.78, 5) is 0. The second kappa shape index (κ2) is 6.95. The van der Waals surface area contributed by atoms with Crippen molar-refractivity contribution >= 4 is 24.8 Å². The molecule has 0 bridgehead atoms. The molecular formula is C17H22BClF3NO2. The van der Waals surface area contributed by atoms with Crippen LogP contribution in [0.25, 0.3) is 6.08 Å². The number of alkyl halides is 3. The van der Waals surface area contributed by atoms with Crippen LogP contribution in [0.2, 0.25) is 5.02 Å². The zero-order chi connectivity index (χ0) is 19.0. The minimum atomic E-state index is -4.43. The van der Waals surface area contributed by atoms with Crippen LogP contribution in [0.4, 0.5) is 13.2 Å². The van der Waals surface area contributed by atoms with Crippen LogP contribution in [0.5, 0.6) is 0 Å². The minimum Gasteiger partial charge on any atom is -0.400 e. The van der Waals surface area contributed by atoms with E-state index in [2.05, 4.69) is 5.32 Å². The zero-order valence-corrected chi connectivity index (χ0v) is 15.7. The molecule has 1 saturated heterocycles. The van der Waals surface area contributed by atoms with Gasteiger partial charge in [-0.3, -0.25) is 0 Å². The molecule has 1 N–H and O–H groups in total. The van der Waals surface area contributed by atoms with E-state index in [4.69, 9.17) is 20.9 Å². The van der Waals surface area contributed by atoms with Crippen molar-refractivity contribution in [3.63, 3.8) is 0 Å². The van der Waals surface area contributed by atoms with E-state index >= 15 is 0 Å². The number of benzene rings is 1. The van der Waals surface area contributed by atoms with E-state index in [1.54, 1.807) is 13.1 Å². The molecule has 3 nitrogen and oxygen atoms in total. The van der Waals surface area contributed by atoms with E-state index in [-0.39, 0.29) is 5.02 Å². The first kappa shape index (κ1) is 20.3. The quantitative estimate of drug-likeness (QED) is 0.781. The molecule has 25 heavy (non-hydrogen) atoms. The summed E-state index contributed by atoms with van der Waals surface area (Å²) >= 11 is 6.05. The highest BCUT2D eigenvalue weighted by Crippen LogP contribution is 2.39. The van der Waals surface area contributed by atoms with Crippen LogP contribution in [0.15, 0.2) is 23.7 Å². The Kier molecular flexibility index (Phi) is 5.64. The van der Waals surface area contributed by atoms with E-state index < -0.39 is 30.1 Å². The summed E-state index contributed by atoms with van der Waals surface area (Å²) in [5, 5.41) is 3.05. The maximum atomic E-state index is 12.8. The fourth-order valence-electron chi connectivity index (χ4n) is 2.42. The standard InChI is InChI=1S/C17H22BClF3NO2/c1-15(2)16(3,4)25-18(24-15)13(10-23-5)8-11-6-7-12(9-14(11)19)17(20,21)22/h6-9,23H,10H2,1-5H3. The van der Waals surface area contributed by atoms with Crippen LogP contribution < -0.4 is 5.32 Å². The monoisotopic (exact) mass is 375 g/mol. The fourth-order valence-corrected chi connectivity index (χ4v) is 2.66. The van der Waals surface area contributed by atoms with Gasteiger partial charge in [0.1, 0.15) is 0 Å². The van der Waals surface area contributed by atoms with Crippen LogP contribution in [-0.4, -0.2) is 31.9 Å². The molecule has 0 radical (unpaired) electrons. The van der Waals surface area contributed by atoms with Crippen molar-refractivity contribution in [3.8, 4) is 0 Å². The van der Waals surface area contributed by atoms with Crippen molar-refractivity contribution in [2.45, 2.75) is 45.1 Å². The van der Waals surface area contributed by atoms with Crippen molar-refractivity contribution in [2.24, 2.45) is 0 Å². The lowest BCUT2D eigenvalue weighted by molar-refractivity contribution is -0.137. The highest BCUT2D eigenvalue weighted by atomic mass is 35.5. The topological polar surface area (TPSA) is 30.5 Å². The lowest BCUT2D eigenvalue weighted by Gasteiger charge is -2.32. The Hall–Kier alpha value is -1.02. The third-order valence-electron chi connectivity index (χ3n) is 4.61. The largest absolute Gasteiger partial charge is 0.491 e. The molecular weight excluding hydrogens is 353 g/mol. The van der Waals surface area contributed by atoms with E-state index in [0.717, 1.165) is 17.6 Å². The third kappa shape index (κ3) is 4.40. The molecule has 0 aliphatic carbocycles. The molecule has 0 amide bonds. The second-order valence-electron chi connectivity index (χ2n) is 7.07. The Morgan fingerprint density at radius 1 is 1.20 bits per heavy atom. The molecule has 1 heterocycles. The molecule has 0 spiro atoms. The van der Waals surface area contributed by atoms with Crippen molar-refractivity contribution in [3.05, 3.63) is 39.8 Å². The number of likely N-dealkylation sites (N-methyl/N-ethyl adjacent to an activating group) is 1. The first-order valence-electron chi connectivity index (χ1n) is 7.95. The van der Waals surface area contributed by atoms with Gasteiger partial charge in [0.2, 0.25) is 0 Å². The molecule has 138 valence electrons. The number of hydrogen-bond donors (Lipinski definition) is 1.